The zero-order valence-corrected chi connectivity index (χ0v) is 40.0. The summed E-state index contributed by atoms with van der Waals surface area (Å²) in [6, 6.07) is 41.7. The fraction of sp³-hybridized carbons (Fsp3) is 0.390. The Balaban J connectivity index is 1.25. The third-order valence-electron chi connectivity index (χ3n) is 17.1. The van der Waals surface area contributed by atoms with Gasteiger partial charge in [0.05, 0.1) is 5.69 Å². The van der Waals surface area contributed by atoms with Crippen molar-refractivity contribution < 1.29 is 0 Å². The first-order chi connectivity index (χ1) is 30.1. The van der Waals surface area contributed by atoms with Crippen LogP contribution in [-0.2, 0) is 21.7 Å². The first kappa shape index (κ1) is 39.8. The minimum Gasteiger partial charge on any atom is -0.311 e. The molecular formula is C59H63BN2S. The second-order valence-electron chi connectivity index (χ2n) is 22.9. The van der Waals surface area contributed by atoms with Crippen LogP contribution in [0.25, 0.3) is 20.2 Å². The first-order valence-corrected chi connectivity index (χ1v) is 25.1. The Morgan fingerprint density at radius 2 is 1.14 bits per heavy atom. The van der Waals surface area contributed by atoms with Gasteiger partial charge in [0.1, 0.15) is 0 Å². The summed E-state index contributed by atoms with van der Waals surface area (Å²) < 4.78 is 2.73. The van der Waals surface area contributed by atoms with E-state index in [4.69, 9.17) is 0 Å². The molecule has 0 N–H and O–H groups in total. The van der Waals surface area contributed by atoms with E-state index in [2.05, 4.69) is 175 Å². The van der Waals surface area contributed by atoms with E-state index in [1.165, 1.54) is 156 Å². The minimum atomic E-state index is 0.0800. The van der Waals surface area contributed by atoms with Gasteiger partial charge < -0.3 is 9.80 Å². The number of benzene rings is 6. The van der Waals surface area contributed by atoms with E-state index in [9.17, 15) is 0 Å². The predicted molar refractivity (Wildman–Crippen MR) is 274 cm³/mol. The zero-order valence-electron chi connectivity index (χ0n) is 39.1. The summed E-state index contributed by atoms with van der Waals surface area (Å²) >= 11 is 1.95. The van der Waals surface area contributed by atoms with Crippen LogP contribution in [0.3, 0.4) is 0 Å². The molecule has 0 amide bonds. The highest BCUT2D eigenvalue weighted by molar-refractivity contribution is 7.26. The molecule has 0 bridgehead atoms. The molecule has 318 valence electrons. The summed E-state index contributed by atoms with van der Waals surface area (Å²) in [5.74, 6) is 0.548. The normalized spacial score (nSPS) is 20.2. The molecule has 0 unspecified atom stereocenters. The van der Waals surface area contributed by atoms with Crippen LogP contribution in [0.1, 0.15) is 152 Å². The molecule has 12 rings (SSSR count). The van der Waals surface area contributed by atoms with Crippen molar-refractivity contribution in [3.8, 4) is 0 Å². The number of rotatable bonds is 3. The Morgan fingerprint density at radius 1 is 0.524 bits per heavy atom. The fourth-order valence-corrected chi connectivity index (χ4v) is 14.2. The van der Waals surface area contributed by atoms with Crippen molar-refractivity contribution in [1.82, 2.24) is 0 Å². The quantitative estimate of drug-likeness (QED) is 0.164. The van der Waals surface area contributed by atoms with E-state index < -0.39 is 0 Å². The Kier molecular flexibility index (Phi) is 8.60. The van der Waals surface area contributed by atoms with Crippen molar-refractivity contribution in [2.45, 2.75) is 148 Å². The number of fused-ring (bicyclic) bond motifs is 10. The maximum absolute atomic E-state index is 2.77. The molecule has 3 aliphatic carbocycles. The standard InChI is InChI=1S/C59H63BN2S/c1-36-17-13-15-21-47(36)62-50-32-38(37-18-11-10-12-19-37)31-49-54(50)60(45-25-26-52-53(55(45)62)40-20-14-16-22-51(40)63-52)46-34-43-44(59(8,9)30-29-58(43,6)7)35-48(46)61(49)39-23-24-41-42(33-39)57(4,5)28-27-56(41,2)3/h13-17,20-26,31-35,37H,10-12,18-19,27-30H2,1-9H3. The number of aryl methyl sites for hydroxylation is 1. The van der Waals surface area contributed by atoms with Crippen LogP contribution in [0, 0.1) is 6.92 Å². The summed E-state index contributed by atoms with van der Waals surface area (Å²) in [5, 5.41) is 2.76. The van der Waals surface area contributed by atoms with Gasteiger partial charge in [-0.1, -0.05) is 129 Å². The molecule has 2 nitrogen and oxygen atoms in total. The summed E-state index contributed by atoms with van der Waals surface area (Å²) in [5.41, 5.74) is 21.8. The van der Waals surface area contributed by atoms with Crippen molar-refractivity contribution in [1.29, 1.82) is 0 Å². The third kappa shape index (κ3) is 5.81. The molecule has 5 aliphatic rings. The highest BCUT2D eigenvalue weighted by Crippen LogP contribution is 2.54. The molecule has 3 heterocycles. The summed E-state index contributed by atoms with van der Waals surface area (Å²) in [7, 11) is 0. The molecule has 1 aromatic heterocycles. The molecule has 0 spiro atoms. The van der Waals surface area contributed by atoms with Crippen molar-refractivity contribution >= 4 is 88.7 Å². The number of hydrogen-bond donors (Lipinski definition) is 0. The van der Waals surface area contributed by atoms with Gasteiger partial charge >= 0.3 is 0 Å². The summed E-state index contributed by atoms with van der Waals surface area (Å²) in [6.45, 7) is 22.3. The molecule has 1 saturated carbocycles. The number of nitrogens with zero attached hydrogens (tertiary/aromatic N) is 2. The van der Waals surface area contributed by atoms with Crippen LogP contribution in [-0.4, -0.2) is 6.71 Å². The Morgan fingerprint density at radius 3 is 1.86 bits per heavy atom. The van der Waals surface area contributed by atoms with Crippen LogP contribution < -0.4 is 26.2 Å². The third-order valence-corrected chi connectivity index (χ3v) is 18.2. The average molecular weight is 843 g/mol. The molecule has 0 radical (unpaired) electrons. The van der Waals surface area contributed by atoms with Crippen LogP contribution >= 0.6 is 11.3 Å². The molecule has 63 heavy (non-hydrogen) atoms. The van der Waals surface area contributed by atoms with Crippen molar-refractivity contribution in [2.24, 2.45) is 0 Å². The average Bonchev–Trinajstić information content (AvgIpc) is 3.66. The second-order valence-corrected chi connectivity index (χ2v) is 24.0. The zero-order chi connectivity index (χ0) is 43.4. The second kappa shape index (κ2) is 13.6. The molecule has 4 heteroatoms. The van der Waals surface area contributed by atoms with E-state index in [0.717, 1.165) is 0 Å². The number of anilines is 6. The number of hydrogen-bond acceptors (Lipinski definition) is 3. The van der Waals surface area contributed by atoms with Crippen LogP contribution in [0.4, 0.5) is 34.1 Å². The lowest BCUT2D eigenvalue weighted by molar-refractivity contribution is 0.332. The highest BCUT2D eigenvalue weighted by atomic mass is 32.1. The first-order valence-electron chi connectivity index (χ1n) is 24.2. The van der Waals surface area contributed by atoms with Gasteiger partial charge in [-0.25, -0.2) is 0 Å². The van der Waals surface area contributed by atoms with Crippen molar-refractivity contribution in [3.63, 3.8) is 0 Å². The van der Waals surface area contributed by atoms with E-state index in [1.54, 1.807) is 5.56 Å². The monoisotopic (exact) mass is 842 g/mol. The lowest BCUT2D eigenvalue weighted by Gasteiger charge is -2.48. The molecular weight excluding hydrogens is 780 g/mol. The largest absolute Gasteiger partial charge is 0.311 e. The molecule has 2 aliphatic heterocycles. The van der Waals surface area contributed by atoms with Gasteiger partial charge in [0.2, 0.25) is 0 Å². The molecule has 6 aromatic carbocycles. The molecule has 1 fully saturated rings. The Labute approximate surface area is 380 Å². The van der Waals surface area contributed by atoms with Gasteiger partial charge in [-0.2, -0.15) is 0 Å². The highest BCUT2D eigenvalue weighted by Gasteiger charge is 2.48. The molecule has 0 atom stereocenters. The molecule has 0 saturated heterocycles. The maximum atomic E-state index is 2.77. The topological polar surface area (TPSA) is 6.48 Å². The van der Waals surface area contributed by atoms with Gasteiger partial charge in [-0.3, -0.25) is 0 Å². The Hall–Kier alpha value is -4.80. The van der Waals surface area contributed by atoms with E-state index in [1.807, 2.05) is 11.3 Å². The van der Waals surface area contributed by atoms with E-state index in [0.29, 0.717) is 5.92 Å². The van der Waals surface area contributed by atoms with Gasteiger partial charge in [-0.05, 0) is 171 Å². The maximum Gasteiger partial charge on any atom is 0.252 e. The number of para-hydroxylation sites is 1. The Bertz CT molecular complexity index is 3050. The van der Waals surface area contributed by atoms with E-state index in [-0.39, 0.29) is 28.4 Å². The van der Waals surface area contributed by atoms with Crippen LogP contribution in [0.2, 0.25) is 0 Å². The van der Waals surface area contributed by atoms with Crippen LogP contribution in [0.15, 0.2) is 103 Å². The lowest BCUT2D eigenvalue weighted by atomic mass is 9.33. The van der Waals surface area contributed by atoms with Gasteiger partial charge in [0.15, 0.2) is 0 Å². The fourth-order valence-electron chi connectivity index (χ4n) is 13.1. The summed E-state index contributed by atoms with van der Waals surface area (Å²) in [4.78, 5) is 5.51. The molecule has 7 aromatic rings. The van der Waals surface area contributed by atoms with Crippen LogP contribution in [0.5, 0.6) is 0 Å². The SMILES string of the molecule is Cc1ccccc1N1c2cc(C3CCCCC3)cc3c2B(c2cc4c(cc2N3c2ccc3c(c2)C(C)(C)CCC3(C)C)C(C)(C)CCC4(C)C)c2ccc3sc4ccccc4c3c21. The van der Waals surface area contributed by atoms with Gasteiger partial charge in [-0.15, -0.1) is 11.3 Å². The van der Waals surface area contributed by atoms with Gasteiger partial charge in [0, 0.05) is 48.6 Å². The minimum absolute atomic E-state index is 0.0800. The van der Waals surface area contributed by atoms with Gasteiger partial charge in [0.25, 0.3) is 6.71 Å². The predicted octanol–water partition coefficient (Wildman–Crippen LogP) is 15.2. The lowest BCUT2D eigenvalue weighted by Crippen LogP contribution is -2.62. The smallest absolute Gasteiger partial charge is 0.252 e. The van der Waals surface area contributed by atoms with Crippen molar-refractivity contribution in [3.05, 3.63) is 137 Å². The van der Waals surface area contributed by atoms with E-state index >= 15 is 0 Å². The summed E-state index contributed by atoms with van der Waals surface area (Å²) in [6.07, 6.45) is 11.3. The number of thiophene rings is 1. The van der Waals surface area contributed by atoms with Crippen molar-refractivity contribution in [2.75, 3.05) is 9.80 Å².